The molecule has 1 aliphatic rings. The Kier molecular flexibility index (Phi) is 4.12. The third-order valence-electron chi connectivity index (χ3n) is 2.16. The van der Waals surface area contributed by atoms with Crippen LogP contribution in [-0.4, -0.2) is 48.7 Å². The minimum Gasteiger partial charge on any atom is -0.433 e. The molecule has 1 heterocycles. The predicted molar refractivity (Wildman–Crippen MR) is 48.2 cm³/mol. The number of carbonyl (C=O) groups excluding carboxylic acids is 1. The van der Waals surface area contributed by atoms with Crippen LogP contribution in [-0.2, 0) is 9.57 Å². The number of nitrogens with two attached hydrogens (primary N) is 1. The molecule has 0 aliphatic carbocycles. The summed E-state index contributed by atoms with van der Waals surface area (Å²) in [5, 5.41) is 10.3. The first-order valence-electron chi connectivity index (χ1n) is 4.63. The van der Waals surface area contributed by atoms with Crippen LogP contribution in [0.25, 0.3) is 0 Å². The first-order valence-corrected chi connectivity index (χ1v) is 4.63. The molecule has 2 atom stereocenters. The lowest BCUT2D eigenvalue weighted by Crippen LogP contribution is -2.31. The van der Waals surface area contributed by atoms with Crippen molar-refractivity contribution in [2.75, 3.05) is 26.3 Å². The zero-order valence-electron chi connectivity index (χ0n) is 8.18. The molecule has 0 amide bonds. The van der Waals surface area contributed by atoms with E-state index in [-0.39, 0.29) is 25.2 Å². The van der Waals surface area contributed by atoms with Crippen molar-refractivity contribution in [1.29, 1.82) is 0 Å². The Balaban J connectivity index is 2.31. The molecule has 0 spiro atoms. The molecule has 3 N–H and O–H groups in total. The summed E-state index contributed by atoms with van der Waals surface area (Å²) in [5.74, 6) is -0.0376. The molecule has 1 saturated heterocycles. The summed E-state index contributed by atoms with van der Waals surface area (Å²) in [6.07, 6.45) is -0.724. The third-order valence-corrected chi connectivity index (χ3v) is 2.16. The highest BCUT2D eigenvalue weighted by Crippen LogP contribution is 2.15. The summed E-state index contributed by atoms with van der Waals surface area (Å²) in [7, 11) is 0. The number of aliphatic hydroxyl groups excluding tert-OH is 1. The largest absolute Gasteiger partial charge is 0.527 e. The van der Waals surface area contributed by atoms with Gasteiger partial charge in [0.05, 0.1) is 13.2 Å². The number of hydrogen-bond donors (Lipinski definition) is 2. The number of carbonyl (C=O) groups is 1. The Morgan fingerprint density at radius 1 is 1.64 bits per heavy atom. The van der Waals surface area contributed by atoms with Crippen molar-refractivity contribution < 1.29 is 19.5 Å². The first kappa shape index (κ1) is 11.2. The SMILES string of the molecule is CCOC(=O)ON1CC(N)C(CO)C1. The highest BCUT2D eigenvalue weighted by atomic mass is 16.8. The molecule has 1 fully saturated rings. The van der Waals surface area contributed by atoms with Crippen molar-refractivity contribution in [3.05, 3.63) is 0 Å². The van der Waals surface area contributed by atoms with Crippen LogP contribution in [0.5, 0.6) is 0 Å². The summed E-state index contributed by atoms with van der Waals surface area (Å²) >= 11 is 0. The average Bonchev–Trinajstić information content (AvgIpc) is 2.46. The average molecular weight is 204 g/mol. The molecule has 0 aromatic carbocycles. The van der Waals surface area contributed by atoms with E-state index in [1.165, 1.54) is 5.06 Å². The number of ether oxygens (including phenoxy) is 1. The van der Waals surface area contributed by atoms with Crippen molar-refractivity contribution in [3.8, 4) is 0 Å². The van der Waals surface area contributed by atoms with Crippen molar-refractivity contribution >= 4 is 6.16 Å². The molecule has 0 saturated carbocycles. The molecule has 0 aromatic heterocycles. The van der Waals surface area contributed by atoms with Gasteiger partial charge >= 0.3 is 6.16 Å². The third kappa shape index (κ3) is 2.83. The zero-order chi connectivity index (χ0) is 10.6. The maximum atomic E-state index is 10.9. The zero-order valence-corrected chi connectivity index (χ0v) is 8.18. The Morgan fingerprint density at radius 3 is 2.86 bits per heavy atom. The van der Waals surface area contributed by atoms with Gasteiger partial charge in [-0.3, -0.25) is 0 Å². The standard InChI is InChI=1S/C8H16N2O4/c1-2-13-8(12)14-10-3-6(5-11)7(9)4-10/h6-7,11H,2-5,9H2,1H3. The van der Waals surface area contributed by atoms with Crippen LogP contribution in [0.1, 0.15) is 6.92 Å². The maximum absolute atomic E-state index is 10.9. The molecule has 0 radical (unpaired) electrons. The van der Waals surface area contributed by atoms with Crippen LogP contribution in [0.2, 0.25) is 0 Å². The van der Waals surface area contributed by atoms with Gasteiger partial charge in [0.1, 0.15) is 0 Å². The lowest BCUT2D eigenvalue weighted by Gasteiger charge is -2.13. The van der Waals surface area contributed by atoms with Gasteiger partial charge < -0.3 is 20.4 Å². The monoisotopic (exact) mass is 204 g/mol. The van der Waals surface area contributed by atoms with Gasteiger partial charge in [-0.2, -0.15) is 0 Å². The smallest absolute Gasteiger partial charge is 0.433 e. The summed E-state index contributed by atoms with van der Waals surface area (Å²) in [6, 6.07) is -0.158. The first-order chi connectivity index (χ1) is 6.67. The molecular weight excluding hydrogens is 188 g/mol. The van der Waals surface area contributed by atoms with Crippen molar-refractivity contribution in [2.24, 2.45) is 11.7 Å². The van der Waals surface area contributed by atoms with E-state index in [2.05, 4.69) is 4.74 Å². The Morgan fingerprint density at radius 2 is 2.36 bits per heavy atom. The fraction of sp³-hybridized carbons (Fsp3) is 0.875. The highest BCUT2D eigenvalue weighted by molar-refractivity contribution is 5.59. The normalized spacial score (nSPS) is 27.6. The molecule has 6 heteroatoms. The summed E-state index contributed by atoms with van der Waals surface area (Å²) in [4.78, 5) is 15.7. The second-order valence-corrected chi connectivity index (χ2v) is 3.23. The second kappa shape index (κ2) is 5.14. The van der Waals surface area contributed by atoms with Gasteiger partial charge in [-0.15, -0.1) is 5.06 Å². The fourth-order valence-electron chi connectivity index (χ4n) is 1.37. The van der Waals surface area contributed by atoms with Crippen LogP contribution in [0.4, 0.5) is 4.79 Å². The van der Waals surface area contributed by atoms with Crippen molar-refractivity contribution in [2.45, 2.75) is 13.0 Å². The van der Waals surface area contributed by atoms with E-state index in [4.69, 9.17) is 15.7 Å². The highest BCUT2D eigenvalue weighted by Gasteiger charge is 2.32. The van der Waals surface area contributed by atoms with Gasteiger partial charge in [-0.25, -0.2) is 4.79 Å². The van der Waals surface area contributed by atoms with Crippen LogP contribution >= 0.6 is 0 Å². The van der Waals surface area contributed by atoms with Crippen LogP contribution in [0.3, 0.4) is 0 Å². The molecule has 1 rings (SSSR count). The number of hydroxylamine groups is 2. The minimum atomic E-state index is -0.724. The van der Waals surface area contributed by atoms with E-state index in [0.717, 1.165) is 0 Å². The summed E-state index contributed by atoms with van der Waals surface area (Å²) in [5.41, 5.74) is 5.70. The molecule has 6 nitrogen and oxygen atoms in total. The summed E-state index contributed by atoms with van der Waals surface area (Å²) < 4.78 is 4.60. The topological polar surface area (TPSA) is 85.0 Å². The van der Waals surface area contributed by atoms with Crippen LogP contribution in [0.15, 0.2) is 0 Å². The van der Waals surface area contributed by atoms with Crippen molar-refractivity contribution in [1.82, 2.24) is 5.06 Å². The van der Waals surface area contributed by atoms with E-state index in [1.54, 1.807) is 6.92 Å². The Bertz CT molecular complexity index is 200. The fourth-order valence-corrected chi connectivity index (χ4v) is 1.37. The molecule has 0 aromatic rings. The Hall–Kier alpha value is -0.850. The number of hydrogen-bond acceptors (Lipinski definition) is 6. The minimum absolute atomic E-state index is 0.00382. The van der Waals surface area contributed by atoms with Gasteiger partial charge in [0.15, 0.2) is 0 Å². The van der Waals surface area contributed by atoms with E-state index < -0.39 is 6.16 Å². The number of nitrogens with zero attached hydrogens (tertiary/aromatic N) is 1. The van der Waals surface area contributed by atoms with Crippen LogP contribution in [0, 0.1) is 5.92 Å². The molecule has 82 valence electrons. The van der Waals surface area contributed by atoms with Gasteiger partial charge in [0, 0.05) is 25.1 Å². The molecule has 0 bridgehead atoms. The lowest BCUT2D eigenvalue weighted by molar-refractivity contribution is -0.115. The van der Waals surface area contributed by atoms with E-state index in [9.17, 15) is 4.79 Å². The van der Waals surface area contributed by atoms with Gasteiger partial charge in [0.25, 0.3) is 0 Å². The molecular formula is C8H16N2O4. The molecule has 1 aliphatic heterocycles. The van der Waals surface area contributed by atoms with Gasteiger partial charge in [-0.1, -0.05) is 0 Å². The second-order valence-electron chi connectivity index (χ2n) is 3.23. The number of aliphatic hydroxyl groups is 1. The molecule has 2 unspecified atom stereocenters. The van der Waals surface area contributed by atoms with E-state index in [0.29, 0.717) is 13.1 Å². The van der Waals surface area contributed by atoms with E-state index >= 15 is 0 Å². The maximum Gasteiger partial charge on any atom is 0.527 e. The van der Waals surface area contributed by atoms with Gasteiger partial charge in [0.2, 0.25) is 0 Å². The van der Waals surface area contributed by atoms with Crippen LogP contribution < -0.4 is 5.73 Å². The lowest BCUT2D eigenvalue weighted by atomic mass is 10.1. The predicted octanol–water partition coefficient (Wildman–Crippen LogP) is -0.674. The number of rotatable bonds is 3. The van der Waals surface area contributed by atoms with Crippen molar-refractivity contribution in [3.63, 3.8) is 0 Å². The summed E-state index contributed by atoms with van der Waals surface area (Å²) in [6.45, 7) is 2.88. The Labute approximate surface area is 82.5 Å². The van der Waals surface area contributed by atoms with E-state index in [1.807, 2.05) is 0 Å². The molecule has 14 heavy (non-hydrogen) atoms. The quantitative estimate of drug-likeness (QED) is 0.593. The van der Waals surface area contributed by atoms with Gasteiger partial charge in [-0.05, 0) is 6.92 Å².